The number of nitrogens with zero attached hydrogens (tertiary/aromatic N) is 1. The number of carboxylic acid groups (broad SMARTS) is 1. The molecule has 1 aliphatic heterocycles. The van der Waals surface area contributed by atoms with Gasteiger partial charge in [-0.2, -0.15) is 4.31 Å². The van der Waals surface area contributed by atoms with Crippen molar-refractivity contribution in [2.45, 2.75) is 4.90 Å². The molecular weight excluding hydrogens is 420 g/mol. The second-order valence-electron chi connectivity index (χ2n) is 6.57. The number of fused-ring (bicyclic) bond motifs is 1. The predicted molar refractivity (Wildman–Crippen MR) is 116 cm³/mol. The second kappa shape index (κ2) is 9.01. The first-order valence-electron chi connectivity index (χ1n) is 9.12. The number of hydrogen-bond donors (Lipinski definition) is 4. The van der Waals surface area contributed by atoms with Crippen molar-refractivity contribution in [1.29, 1.82) is 0 Å². The van der Waals surface area contributed by atoms with Crippen molar-refractivity contribution in [3.8, 4) is 11.8 Å². The molecule has 0 saturated heterocycles. The van der Waals surface area contributed by atoms with Gasteiger partial charge in [0, 0.05) is 30.1 Å². The van der Waals surface area contributed by atoms with E-state index in [2.05, 4.69) is 22.5 Å². The average Bonchev–Trinajstić information content (AvgIpc) is 3.06. The maximum atomic E-state index is 12.6. The molecule has 0 saturated carbocycles. The monoisotopic (exact) mass is 440 g/mol. The first-order chi connectivity index (χ1) is 14.7. The van der Waals surface area contributed by atoms with Gasteiger partial charge in [0.1, 0.15) is 6.54 Å². The minimum absolute atomic E-state index is 0.0783. The number of hydrogen-bond acceptors (Lipinski definition) is 6. The van der Waals surface area contributed by atoms with Gasteiger partial charge in [0.15, 0.2) is 0 Å². The number of carbonyl (C=O) groups is 2. The molecule has 0 radical (unpaired) electrons. The molecule has 31 heavy (non-hydrogen) atoms. The fourth-order valence-electron chi connectivity index (χ4n) is 3.00. The van der Waals surface area contributed by atoms with E-state index in [-0.39, 0.29) is 17.3 Å². The SMILES string of the molecule is CN(CC(=O)O)S(=O)(=O)c1cccc(N/C=C2\C(=O)Nc3cccc(C#CCN)c32)c1. The van der Waals surface area contributed by atoms with Crippen molar-refractivity contribution in [3.63, 3.8) is 0 Å². The largest absolute Gasteiger partial charge is 0.480 e. The number of aliphatic carboxylic acids is 1. The van der Waals surface area contributed by atoms with Crippen molar-refractivity contribution < 1.29 is 23.1 Å². The number of nitrogens with one attached hydrogen (secondary N) is 2. The number of carboxylic acids is 1. The van der Waals surface area contributed by atoms with Gasteiger partial charge in [-0.05, 0) is 30.3 Å². The molecule has 1 heterocycles. The van der Waals surface area contributed by atoms with Crippen LogP contribution in [0.5, 0.6) is 0 Å². The average molecular weight is 440 g/mol. The lowest BCUT2D eigenvalue weighted by Gasteiger charge is -2.15. The molecule has 2 aromatic carbocycles. The van der Waals surface area contributed by atoms with Gasteiger partial charge < -0.3 is 21.5 Å². The van der Waals surface area contributed by atoms with E-state index in [1.165, 1.54) is 31.4 Å². The summed E-state index contributed by atoms with van der Waals surface area (Å²) < 4.78 is 25.9. The first-order valence-corrected chi connectivity index (χ1v) is 10.6. The number of nitrogens with two attached hydrogens (primary N) is 1. The van der Waals surface area contributed by atoms with E-state index in [9.17, 15) is 18.0 Å². The number of anilines is 2. The van der Waals surface area contributed by atoms with Gasteiger partial charge >= 0.3 is 5.97 Å². The topological polar surface area (TPSA) is 142 Å². The van der Waals surface area contributed by atoms with Crippen LogP contribution in [0.2, 0.25) is 0 Å². The molecule has 0 atom stereocenters. The highest BCUT2D eigenvalue weighted by Crippen LogP contribution is 2.34. The minimum atomic E-state index is -3.99. The summed E-state index contributed by atoms with van der Waals surface area (Å²) in [4.78, 5) is 23.2. The first kappa shape index (κ1) is 22.0. The molecule has 0 spiro atoms. The molecule has 0 bridgehead atoms. The van der Waals surface area contributed by atoms with E-state index in [1.807, 2.05) is 0 Å². The van der Waals surface area contributed by atoms with Crippen LogP contribution in [0.25, 0.3) is 5.57 Å². The van der Waals surface area contributed by atoms with E-state index in [1.54, 1.807) is 24.3 Å². The summed E-state index contributed by atoms with van der Waals surface area (Å²) in [6.45, 7) is -0.479. The van der Waals surface area contributed by atoms with E-state index >= 15 is 0 Å². The van der Waals surface area contributed by atoms with Gasteiger partial charge in [-0.3, -0.25) is 9.59 Å². The molecule has 3 rings (SSSR count). The van der Waals surface area contributed by atoms with Gasteiger partial charge in [0.25, 0.3) is 5.91 Å². The number of rotatable bonds is 6. The van der Waals surface area contributed by atoms with Gasteiger partial charge in [0.2, 0.25) is 10.0 Å². The molecule has 1 aliphatic rings. The molecule has 0 fully saturated rings. The Morgan fingerprint density at radius 3 is 2.74 bits per heavy atom. The van der Waals surface area contributed by atoms with Crippen molar-refractivity contribution >= 4 is 38.8 Å². The summed E-state index contributed by atoms with van der Waals surface area (Å²) >= 11 is 0. The second-order valence-corrected chi connectivity index (χ2v) is 8.62. The lowest BCUT2D eigenvalue weighted by molar-refractivity contribution is -0.137. The highest BCUT2D eigenvalue weighted by atomic mass is 32.2. The van der Waals surface area contributed by atoms with Gasteiger partial charge in [-0.25, -0.2) is 8.42 Å². The summed E-state index contributed by atoms with van der Waals surface area (Å²) in [6.07, 6.45) is 1.47. The Hall–Kier alpha value is -3.65. The number of carbonyl (C=O) groups excluding carboxylic acids is 1. The van der Waals surface area contributed by atoms with Crippen LogP contribution < -0.4 is 16.4 Å². The quantitative estimate of drug-likeness (QED) is 0.389. The van der Waals surface area contributed by atoms with E-state index in [4.69, 9.17) is 10.8 Å². The molecule has 160 valence electrons. The van der Waals surface area contributed by atoms with Crippen LogP contribution in [0.1, 0.15) is 11.1 Å². The van der Waals surface area contributed by atoms with Crippen LogP contribution in [-0.4, -0.2) is 49.8 Å². The lowest BCUT2D eigenvalue weighted by atomic mass is 10.0. The fraction of sp³-hybridized carbons (Fsp3) is 0.143. The smallest absolute Gasteiger partial charge is 0.318 e. The van der Waals surface area contributed by atoms with Crippen molar-refractivity contribution in [3.05, 3.63) is 59.8 Å². The van der Waals surface area contributed by atoms with E-state index in [0.29, 0.717) is 28.1 Å². The Morgan fingerprint density at radius 1 is 1.29 bits per heavy atom. The Labute approximate surface area is 179 Å². The molecule has 2 aromatic rings. The zero-order valence-corrected chi connectivity index (χ0v) is 17.4. The van der Waals surface area contributed by atoms with Gasteiger partial charge in [-0.1, -0.05) is 24.0 Å². The van der Waals surface area contributed by atoms with Crippen LogP contribution in [0.15, 0.2) is 53.6 Å². The number of likely N-dealkylation sites (N-methyl/N-ethyl adjacent to an activating group) is 1. The van der Waals surface area contributed by atoms with Crippen molar-refractivity contribution in [1.82, 2.24) is 4.31 Å². The molecular formula is C21H20N4O5S. The molecule has 10 heteroatoms. The number of benzene rings is 2. The summed E-state index contributed by atoms with van der Waals surface area (Å²) in [6, 6.07) is 11.2. The third-order valence-electron chi connectivity index (χ3n) is 4.44. The summed E-state index contributed by atoms with van der Waals surface area (Å²) in [5.74, 6) is 4.13. The zero-order chi connectivity index (χ0) is 22.6. The van der Waals surface area contributed by atoms with Crippen molar-refractivity contribution in [2.24, 2.45) is 5.73 Å². The van der Waals surface area contributed by atoms with Crippen molar-refractivity contribution in [2.75, 3.05) is 30.8 Å². The molecule has 0 aliphatic carbocycles. The Kier molecular flexibility index (Phi) is 6.41. The fourth-order valence-corrected chi connectivity index (χ4v) is 4.16. The van der Waals surface area contributed by atoms with E-state index in [0.717, 1.165) is 4.31 Å². The maximum Gasteiger partial charge on any atom is 0.318 e. The summed E-state index contributed by atoms with van der Waals surface area (Å²) in [7, 11) is -2.80. The Morgan fingerprint density at radius 2 is 2.03 bits per heavy atom. The number of amides is 1. The van der Waals surface area contributed by atoms with E-state index < -0.39 is 22.5 Å². The van der Waals surface area contributed by atoms with Crippen LogP contribution in [-0.2, 0) is 19.6 Å². The highest BCUT2D eigenvalue weighted by molar-refractivity contribution is 7.89. The summed E-state index contributed by atoms with van der Waals surface area (Å²) in [5, 5.41) is 14.6. The van der Waals surface area contributed by atoms with Crippen LogP contribution in [0.4, 0.5) is 11.4 Å². The number of sulfonamides is 1. The Balaban J connectivity index is 1.92. The molecule has 0 unspecified atom stereocenters. The maximum absolute atomic E-state index is 12.6. The third-order valence-corrected chi connectivity index (χ3v) is 6.23. The summed E-state index contributed by atoms with van der Waals surface area (Å²) in [5.41, 5.74) is 8.08. The zero-order valence-electron chi connectivity index (χ0n) is 16.5. The third kappa shape index (κ3) is 4.75. The molecule has 1 amide bonds. The molecule has 0 aromatic heterocycles. The normalized spacial score (nSPS) is 14.0. The Bertz CT molecular complexity index is 1240. The van der Waals surface area contributed by atoms with Gasteiger partial charge in [-0.15, -0.1) is 0 Å². The lowest BCUT2D eigenvalue weighted by Crippen LogP contribution is -2.32. The van der Waals surface area contributed by atoms with Crippen LogP contribution >= 0.6 is 0 Å². The standard InChI is InChI=1S/C21H20N4O5S/c1-25(13-19(26)27)31(29,30)16-8-3-7-15(11-16)23-12-17-20-14(6-4-10-22)5-2-9-18(20)24-21(17)28/h2-3,5,7-9,11-12,23H,10,13,22H2,1H3,(H,24,28)(H,26,27)/b17-12-. The molecule has 9 nitrogen and oxygen atoms in total. The highest BCUT2D eigenvalue weighted by Gasteiger charge is 2.27. The molecule has 5 N–H and O–H groups in total. The van der Waals surface area contributed by atoms with Crippen LogP contribution in [0.3, 0.4) is 0 Å². The van der Waals surface area contributed by atoms with Crippen LogP contribution in [0, 0.1) is 11.8 Å². The minimum Gasteiger partial charge on any atom is -0.480 e. The van der Waals surface area contributed by atoms with Gasteiger partial charge in [0.05, 0.1) is 22.7 Å². The predicted octanol–water partition coefficient (Wildman–Crippen LogP) is 1.11.